The number of anilines is 2. The molecule has 3 nitrogen and oxygen atoms in total. The lowest BCUT2D eigenvalue weighted by Gasteiger charge is -2.24. The van der Waals surface area contributed by atoms with E-state index >= 15 is 0 Å². The average Bonchev–Trinajstić information content (AvgIpc) is 2.39. The molecule has 0 saturated carbocycles. The van der Waals surface area contributed by atoms with Gasteiger partial charge in [-0.1, -0.05) is 20.3 Å². The van der Waals surface area contributed by atoms with E-state index in [-0.39, 0.29) is 0 Å². The van der Waals surface area contributed by atoms with Crippen LogP contribution in [-0.4, -0.2) is 18.6 Å². The molecule has 0 radical (unpaired) electrons. The Morgan fingerprint density at radius 3 is 2.78 bits per heavy atom. The molecule has 0 spiro atoms. The van der Waals surface area contributed by atoms with Gasteiger partial charge in [-0.3, -0.25) is 4.98 Å². The number of nitrogens with two attached hydrogens (primary N) is 1. The van der Waals surface area contributed by atoms with Gasteiger partial charge in [-0.2, -0.15) is 0 Å². The van der Waals surface area contributed by atoms with Gasteiger partial charge >= 0.3 is 0 Å². The molecule has 2 aromatic rings. The first kappa shape index (κ1) is 12.7. The number of nitrogens with zero attached hydrogens (tertiary/aromatic N) is 2. The standard InChI is InChI=1S/C15H21N3/c1-4-11(2)10-18(3)15-6-5-14(16)12-7-8-17-9-13(12)15/h5-9,11H,4,10,16H2,1-3H3. The fourth-order valence-electron chi connectivity index (χ4n) is 2.23. The number of hydrogen-bond donors (Lipinski definition) is 1. The Morgan fingerprint density at radius 1 is 1.28 bits per heavy atom. The molecule has 0 fully saturated rings. The third-order valence-corrected chi connectivity index (χ3v) is 3.52. The van der Waals surface area contributed by atoms with Crippen molar-refractivity contribution in [2.45, 2.75) is 20.3 Å². The molecule has 0 aliphatic rings. The maximum Gasteiger partial charge on any atom is 0.0460 e. The summed E-state index contributed by atoms with van der Waals surface area (Å²) in [6, 6.07) is 6.04. The van der Waals surface area contributed by atoms with Crippen LogP contribution < -0.4 is 10.6 Å². The Balaban J connectivity index is 2.42. The minimum absolute atomic E-state index is 0.680. The molecule has 1 heterocycles. The number of nitrogen functional groups attached to an aromatic ring is 1. The summed E-state index contributed by atoms with van der Waals surface area (Å²) in [5.41, 5.74) is 8.02. The first-order valence-electron chi connectivity index (χ1n) is 6.46. The summed E-state index contributed by atoms with van der Waals surface area (Å²) in [5.74, 6) is 0.680. The molecule has 0 aliphatic heterocycles. The molecule has 96 valence electrons. The lowest BCUT2D eigenvalue weighted by Crippen LogP contribution is -2.23. The van der Waals surface area contributed by atoms with E-state index < -0.39 is 0 Å². The predicted octanol–water partition coefficient (Wildman–Crippen LogP) is 3.30. The number of fused-ring (bicyclic) bond motifs is 1. The summed E-state index contributed by atoms with van der Waals surface area (Å²) in [7, 11) is 2.13. The highest BCUT2D eigenvalue weighted by Gasteiger charge is 2.10. The molecule has 1 unspecified atom stereocenters. The van der Waals surface area contributed by atoms with Crippen molar-refractivity contribution in [3.05, 3.63) is 30.6 Å². The van der Waals surface area contributed by atoms with Crippen LogP contribution >= 0.6 is 0 Å². The van der Waals surface area contributed by atoms with Gasteiger partial charge in [-0.05, 0) is 24.1 Å². The summed E-state index contributed by atoms with van der Waals surface area (Å²) in [6.07, 6.45) is 4.88. The fourth-order valence-corrected chi connectivity index (χ4v) is 2.23. The Morgan fingerprint density at radius 2 is 2.06 bits per heavy atom. The van der Waals surface area contributed by atoms with Crippen LogP contribution in [0.25, 0.3) is 10.8 Å². The van der Waals surface area contributed by atoms with Crippen molar-refractivity contribution >= 4 is 22.1 Å². The molecule has 1 aromatic heterocycles. The van der Waals surface area contributed by atoms with E-state index in [4.69, 9.17) is 5.73 Å². The van der Waals surface area contributed by atoms with Crippen molar-refractivity contribution in [2.75, 3.05) is 24.2 Å². The van der Waals surface area contributed by atoms with Crippen LogP contribution in [-0.2, 0) is 0 Å². The summed E-state index contributed by atoms with van der Waals surface area (Å²) >= 11 is 0. The molecule has 3 heteroatoms. The Kier molecular flexibility index (Phi) is 3.70. The number of benzene rings is 1. The van der Waals surface area contributed by atoms with E-state index in [0.717, 1.165) is 23.0 Å². The molecule has 0 amide bonds. The number of rotatable bonds is 4. The minimum Gasteiger partial charge on any atom is -0.398 e. The maximum atomic E-state index is 6.01. The molecule has 0 bridgehead atoms. The lowest BCUT2D eigenvalue weighted by atomic mass is 10.1. The van der Waals surface area contributed by atoms with Crippen LogP contribution in [0.15, 0.2) is 30.6 Å². The molecule has 0 aliphatic carbocycles. The third kappa shape index (κ3) is 2.40. The van der Waals surface area contributed by atoms with E-state index in [0.29, 0.717) is 5.92 Å². The van der Waals surface area contributed by atoms with Crippen LogP contribution in [0.2, 0.25) is 0 Å². The summed E-state index contributed by atoms with van der Waals surface area (Å²) < 4.78 is 0. The molecule has 0 saturated heterocycles. The highest BCUT2D eigenvalue weighted by atomic mass is 15.1. The summed E-state index contributed by atoms with van der Waals surface area (Å²) in [6.45, 7) is 5.54. The van der Waals surface area contributed by atoms with Crippen LogP contribution in [0.3, 0.4) is 0 Å². The van der Waals surface area contributed by atoms with Gasteiger partial charge in [0.1, 0.15) is 0 Å². The van der Waals surface area contributed by atoms with E-state index in [1.165, 1.54) is 12.1 Å². The highest BCUT2D eigenvalue weighted by molar-refractivity contribution is 6.00. The molecule has 2 N–H and O–H groups in total. The van der Waals surface area contributed by atoms with Crippen LogP contribution in [0.1, 0.15) is 20.3 Å². The van der Waals surface area contributed by atoms with Crippen molar-refractivity contribution in [2.24, 2.45) is 5.92 Å². The van der Waals surface area contributed by atoms with Gasteiger partial charge < -0.3 is 10.6 Å². The van der Waals surface area contributed by atoms with Gasteiger partial charge in [-0.15, -0.1) is 0 Å². The van der Waals surface area contributed by atoms with Crippen molar-refractivity contribution in [1.82, 2.24) is 4.98 Å². The topological polar surface area (TPSA) is 42.1 Å². The summed E-state index contributed by atoms with van der Waals surface area (Å²) in [5, 5.41) is 2.21. The zero-order valence-corrected chi connectivity index (χ0v) is 11.4. The molecular weight excluding hydrogens is 222 g/mol. The number of pyridine rings is 1. The van der Waals surface area contributed by atoms with Crippen LogP contribution in [0, 0.1) is 5.92 Å². The normalized spacial score (nSPS) is 12.6. The van der Waals surface area contributed by atoms with Gasteiger partial charge in [0, 0.05) is 48.1 Å². The predicted molar refractivity (Wildman–Crippen MR) is 78.9 cm³/mol. The molecular formula is C15H21N3. The molecule has 1 aromatic carbocycles. The second-order valence-electron chi connectivity index (χ2n) is 4.99. The number of hydrogen-bond acceptors (Lipinski definition) is 3. The third-order valence-electron chi connectivity index (χ3n) is 3.52. The Hall–Kier alpha value is -1.77. The average molecular weight is 243 g/mol. The van der Waals surface area contributed by atoms with Gasteiger partial charge in [0.25, 0.3) is 0 Å². The van der Waals surface area contributed by atoms with Gasteiger partial charge in [0.2, 0.25) is 0 Å². The second kappa shape index (κ2) is 5.25. The van der Waals surface area contributed by atoms with Crippen LogP contribution in [0.5, 0.6) is 0 Å². The van der Waals surface area contributed by atoms with Crippen LogP contribution in [0.4, 0.5) is 11.4 Å². The SMILES string of the molecule is CCC(C)CN(C)c1ccc(N)c2ccncc12. The second-order valence-corrected chi connectivity index (χ2v) is 4.99. The Bertz CT molecular complexity index is 536. The van der Waals surface area contributed by atoms with Crippen molar-refractivity contribution in [1.29, 1.82) is 0 Å². The first-order valence-corrected chi connectivity index (χ1v) is 6.46. The lowest BCUT2D eigenvalue weighted by molar-refractivity contribution is 0.560. The minimum atomic E-state index is 0.680. The number of aromatic nitrogens is 1. The molecule has 1 atom stereocenters. The monoisotopic (exact) mass is 243 g/mol. The van der Waals surface area contributed by atoms with E-state index in [1.807, 2.05) is 18.3 Å². The van der Waals surface area contributed by atoms with E-state index in [9.17, 15) is 0 Å². The zero-order valence-electron chi connectivity index (χ0n) is 11.4. The first-order chi connectivity index (χ1) is 8.63. The summed E-state index contributed by atoms with van der Waals surface area (Å²) in [4.78, 5) is 6.50. The molecule has 2 rings (SSSR count). The largest absolute Gasteiger partial charge is 0.398 e. The molecule has 18 heavy (non-hydrogen) atoms. The van der Waals surface area contributed by atoms with Gasteiger partial charge in [-0.25, -0.2) is 0 Å². The van der Waals surface area contributed by atoms with E-state index in [2.05, 4.69) is 36.8 Å². The van der Waals surface area contributed by atoms with Crippen molar-refractivity contribution in [3.8, 4) is 0 Å². The van der Waals surface area contributed by atoms with Crippen molar-refractivity contribution < 1.29 is 0 Å². The van der Waals surface area contributed by atoms with Crippen molar-refractivity contribution in [3.63, 3.8) is 0 Å². The highest BCUT2D eigenvalue weighted by Crippen LogP contribution is 2.30. The fraction of sp³-hybridized carbons (Fsp3) is 0.400. The van der Waals surface area contributed by atoms with E-state index in [1.54, 1.807) is 6.20 Å². The quantitative estimate of drug-likeness (QED) is 0.838. The van der Waals surface area contributed by atoms with Gasteiger partial charge in [0.15, 0.2) is 0 Å². The maximum absolute atomic E-state index is 6.01. The zero-order chi connectivity index (χ0) is 13.1. The smallest absolute Gasteiger partial charge is 0.0460 e. The van der Waals surface area contributed by atoms with Gasteiger partial charge in [0.05, 0.1) is 0 Å². The Labute approximate surface area is 109 Å².